The zero-order valence-corrected chi connectivity index (χ0v) is 13.4. The van der Waals surface area contributed by atoms with E-state index in [1.807, 2.05) is 30.3 Å². The second-order valence-corrected chi connectivity index (χ2v) is 5.83. The molecule has 1 saturated heterocycles. The molecular formula is C19H18N2O3. The Kier molecular flexibility index (Phi) is 4.42. The molecule has 1 atom stereocenters. The lowest BCUT2D eigenvalue weighted by molar-refractivity contribution is -0.139. The summed E-state index contributed by atoms with van der Waals surface area (Å²) in [5, 5.41) is 2.73. The molecule has 1 aliphatic rings. The molecule has 3 rings (SSSR count). The van der Waals surface area contributed by atoms with E-state index in [-0.39, 0.29) is 30.7 Å². The molecule has 3 amide bonds. The predicted octanol–water partition coefficient (Wildman–Crippen LogP) is 2.69. The van der Waals surface area contributed by atoms with Crippen molar-refractivity contribution in [2.24, 2.45) is 0 Å². The van der Waals surface area contributed by atoms with Crippen LogP contribution in [0, 0.1) is 0 Å². The van der Waals surface area contributed by atoms with Crippen LogP contribution in [0.1, 0.15) is 30.4 Å². The maximum absolute atomic E-state index is 12.8. The number of nitrogens with zero attached hydrogens (tertiary/aromatic N) is 1. The van der Waals surface area contributed by atoms with Gasteiger partial charge in [-0.15, -0.1) is 0 Å². The van der Waals surface area contributed by atoms with Crippen molar-refractivity contribution in [1.29, 1.82) is 0 Å². The average molecular weight is 322 g/mol. The molecule has 0 radical (unpaired) electrons. The number of amides is 3. The highest BCUT2D eigenvalue weighted by atomic mass is 16.2. The van der Waals surface area contributed by atoms with Gasteiger partial charge in [0.25, 0.3) is 0 Å². The van der Waals surface area contributed by atoms with Gasteiger partial charge in [0, 0.05) is 19.0 Å². The Balaban J connectivity index is 1.85. The summed E-state index contributed by atoms with van der Waals surface area (Å²) in [6.07, 6.45) is 0.127. The summed E-state index contributed by atoms with van der Waals surface area (Å²) in [6, 6.07) is 16.5. The second-order valence-electron chi connectivity index (χ2n) is 5.83. The molecule has 0 spiro atoms. The highest BCUT2D eigenvalue weighted by Gasteiger charge is 2.40. The largest absolute Gasteiger partial charge is 0.326 e. The van der Waals surface area contributed by atoms with Gasteiger partial charge in [-0.3, -0.25) is 19.3 Å². The van der Waals surface area contributed by atoms with Gasteiger partial charge in [-0.25, -0.2) is 0 Å². The fourth-order valence-corrected chi connectivity index (χ4v) is 2.96. The van der Waals surface area contributed by atoms with Crippen LogP contribution in [-0.2, 0) is 20.9 Å². The number of carbonyl (C=O) groups is 3. The monoisotopic (exact) mass is 322 g/mol. The number of anilines is 1. The SMILES string of the molecule is CC(=O)Nc1ccccc1C1CC(=O)N(Cc2ccccc2)C1=O. The number of nitrogens with one attached hydrogen (secondary N) is 1. The molecular weight excluding hydrogens is 304 g/mol. The van der Waals surface area contributed by atoms with E-state index >= 15 is 0 Å². The Bertz CT molecular complexity index is 786. The van der Waals surface area contributed by atoms with E-state index in [1.165, 1.54) is 11.8 Å². The van der Waals surface area contributed by atoms with E-state index in [0.717, 1.165) is 5.56 Å². The molecule has 1 heterocycles. The van der Waals surface area contributed by atoms with Gasteiger partial charge in [0.1, 0.15) is 0 Å². The van der Waals surface area contributed by atoms with Gasteiger partial charge in [0.2, 0.25) is 17.7 Å². The second kappa shape index (κ2) is 6.66. The molecule has 5 nitrogen and oxygen atoms in total. The average Bonchev–Trinajstić information content (AvgIpc) is 2.84. The van der Waals surface area contributed by atoms with Crippen LogP contribution in [0.25, 0.3) is 0 Å². The summed E-state index contributed by atoms with van der Waals surface area (Å²) in [7, 11) is 0. The van der Waals surface area contributed by atoms with Crippen LogP contribution in [0.3, 0.4) is 0 Å². The van der Waals surface area contributed by atoms with Crippen molar-refractivity contribution in [3.8, 4) is 0 Å². The van der Waals surface area contributed by atoms with Crippen LogP contribution >= 0.6 is 0 Å². The molecule has 1 N–H and O–H groups in total. The van der Waals surface area contributed by atoms with Gasteiger partial charge < -0.3 is 5.32 Å². The van der Waals surface area contributed by atoms with Gasteiger partial charge in [0.05, 0.1) is 12.5 Å². The number of benzene rings is 2. The Morgan fingerprint density at radius 2 is 1.75 bits per heavy atom. The first-order valence-corrected chi connectivity index (χ1v) is 7.81. The molecule has 24 heavy (non-hydrogen) atoms. The summed E-state index contributed by atoms with van der Waals surface area (Å²) >= 11 is 0. The highest BCUT2D eigenvalue weighted by Crippen LogP contribution is 2.34. The van der Waals surface area contributed by atoms with Crippen molar-refractivity contribution >= 4 is 23.4 Å². The van der Waals surface area contributed by atoms with Crippen LogP contribution in [0.4, 0.5) is 5.69 Å². The summed E-state index contributed by atoms with van der Waals surface area (Å²) in [4.78, 5) is 37.7. The Morgan fingerprint density at radius 3 is 2.46 bits per heavy atom. The van der Waals surface area contributed by atoms with E-state index in [1.54, 1.807) is 24.3 Å². The molecule has 0 aliphatic carbocycles. The summed E-state index contributed by atoms with van der Waals surface area (Å²) < 4.78 is 0. The van der Waals surface area contributed by atoms with E-state index < -0.39 is 5.92 Å². The lowest BCUT2D eigenvalue weighted by Gasteiger charge is -2.17. The lowest BCUT2D eigenvalue weighted by Crippen LogP contribution is -2.29. The Labute approximate surface area is 140 Å². The molecule has 2 aromatic carbocycles. The van der Waals surface area contributed by atoms with Crippen LogP contribution < -0.4 is 5.32 Å². The van der Waals surface area contributed by atoms with E-state index in [2.05, 4.69) is 5.32 Å². The van der Waals surface area contributed by atoms with E-state index in [0.29, 0.717) is 11.3 Å². The molecule has 1 fully saturated rings. The number of rotatable bonds is 4. The molecule has 0 bridgehead atoms. The predicted molar refractivity (Wildman–Crippen MR) is 90.1 cm³/mol. The van der Waals surface area contributed by atoms with Crippen LogP contribution in [0.5, 0.6) is 0 Å². The number of para-hydroxylation sites is 1. The minimum Gasteiger partial charge on any atom is -0.326 e. The molecule has 0 aromatic heterocycles. The van der Waals surface area contributed by atoms with Crippen molar-refractivity contribution in [3.05, 3.63) is 65.7 Å². The maximum Gasteiger partial charge on any atom is 0.237 e. The summed E-state index contributed by atoms with van der Waals surface area (Å²) in [5.41, 5.74) is 2.18. The number of hydrogen-bond donors (Lipinski definition) is 1. The molecule has 1 aliphatic heterocycles. The van der Waals surface area contributed by atoms with Crippen LogP contribution in [0.2, 0.25) is 0 Å². The zero-order chi connectivity index (χ0) is 17.1. The summed E-state index contributed by atoms with van der Waals surface area (Å²) in [5.74, 6) is -1.17. The lowest BCUT2D eigenvalue weighted by atomic mass is 9.95. The van der Waals surface area contributed by atoms with Gasteiger partial charge in [-0.1, -0.05) is 48.5 Å². The molecule has 2 aromatic rings. The number of hydrogen-bond acceptors (Lipinski definition) is 3. The van der Waals surface area contributed by atoms with Crippen molar-refractivity contribution in [3.63, 3.8) is 0 Å². The topological polar surface area (TPSA) is 66.5 Å². The van der Waals surface area contributed by atoms with Crippen LogP contribution in [-0.4, -0.2) is 22.6 Å². The van der Waals surface area contributed by atoms with Gasteiger partial charge in [-0.05, 0) is 17.2 Å². The minimum absolute atomic E-state index is 0.127. The Morgan fingerprint density at radius 1 is 1.08 bits per heavy atom. The number of imide groups is 1. The fourth-order valence-electron chi connectivity index (χ4n) is 2.96. The first kappa shape index (κ1) is 15.9. The van der Waals surface area contributed by atoms with E-state index in [9.17, 15) is 14.4 Å². The van der Waals surface area contributed by atoms with Gasteiger partial charge in [-0.2, -0.15) is 0 Å². The smallest absolute Gasteiger partial charge is 0.237 e. The van der Waals surface area contributed by atoms with Crippen LogP contribution in [0.15, 0.2) is 54.6 Å². The molecule has 0 saturated carbocycles. The first-order chi connectivity index (χ1) is 11.6. The van der Waals surface area contributed by atoms with Gasteiger partial charge >= 0.3 is 0 Å². The minimum atomic E-state index is -0.552. The zero-order valence-electron chi connectivity index (χ0n) is 13.4. The third-order valence-corrected chi connectivity index (χ3v) is 4.07. The van der Waals surface area contributed by atoms with Crippen molar-refractivity contribution in [2.75, 3.05) is 5.32 Å². The first-order valence-electron chi connectivity index (χ1n) is 7.81. The highest BCUT2D eigenvalue weighted by molar-refractivity contribution is 6.07. The Hall–Kier alpha value is -2.95. The third kappa shape index (κ3) is 3.20. The molecule has 1 unspecified atom stereocenters. The third-order valence-electron chi connectivity index (χ3n) is 4.07. The van der Waals surface area contributed by atoms with Crippen molar-refractivity contribution in [1.82, 2.24) is 4.90 Å². The maximum atomic E-state index is 12.8. The molecule has 122 valence electrons. The summed E-state index contributed by atoms with van der Waals surface area (Å²) in [6.45, 7) is 1.69. The van der Waals surface area contributed by atoms with E-state index in [4.69, 9.17) is 0 Å². The van der Waals surface area contributed by atoms with Gasteiger partial charge in [0.15, 0.2) is 0 Å². The van der Waals surface area contributed by atoms with Crippen molar-refractivity contribution < 1.29 is 14.4 Å². The van der Waals surface area contributed by atoms with Crippen molar-refractivity contribution in [2.45, 2.75) is 25.8 Å². The fraction of sp³-hybridized carbons (Fsp3) is 0.211. The number of likely N-dealkylation sites (tertiary alicyclic amines) is 1. The quantitative estimate of drug-likeness (QED) is 0.880. The normalized spacial score (nSPS) is 17.2. The molecule has 5 heteroatoms. The number of carbonyl (C=O) groups excluding carboxylic acids is 3. The standard InChI is InChI=1S/C19H18N2O3/c1-13(22)20-17-10-6-5-9-15(17)16-11-18(23)21(19(16)24)12-14-7-3-2-4-8-14/h2-10,16H,11-12H2,1H3,(H,20,22).